The Balaban J connectivity index is 2.15. The molecule has 0 amide bonds. The zero-order valence-corrected chi connectivity index (χ0v) is 12.4. The van der Waals surface area contributed by atoms with Crippen molar-refractivity contribution >= 4 is 11.3 Å². The molecule has 0 unspecified atom stereocenters. The van der Waals surface area contributed by atoms with Crippen LogP contribution >= 0.6 is 0 Å². The monoisotopic (exact) mass is 281 g/mol. The molecule has 3 nitrogen and oxygen atoms in total. The molecule has 0 fully saturated rings. The van der Waals surface area contributed by atoms with Crippen molar-refractivity contribution in [3.63, 3.8) is 0 Å². The number of fused-ring (bicyclic) bond motifs is 1. The molecule has 0 spiro atoms. The Hall–Kier alpha value is -2.29. The summed E-state index contributed by atoms with van der Waals surface area (Å²) in [5.74, 6) is 1.23. The van der Waals surface area contributed by atoms with Gasteiger partial charge >= 0.3 is 0 Å². The van der Waals surface area contributed by atoms with Crippen LogP contribution in [0.3, 0.4) is 0 Å². The molecule has 0 bridgehead atoms. The maximum atomic E-state index is 10.8. The van der Waals surface area contributed by atoms with Gasteiger partial charge in [-0.1, -0.05) is 0 Å². The van der Waals surface area contributed by atoms with E-state index in [0.29, 0.717) is 5.76 Å². The number of aliphatic hydroxyl groups excluding tert-OH is 1. The Kier molecular flexibility index (Phi) is 3.65. The average Bonchev–Trinajstić information content (AvgIpc) is 2.67. The number of pyridine rings is 1. The first-order valence-electron chi connectivity index (χ1n) is 7.21. The Morgan fingerprint density at radius 1 is 1.14 bits per heavy atom. The van der Waals surface area contributed by atoms with Crippen LogP contribution in [0, 0.1) is 6.92 Å². The number of hydrogen-bond donors (Lipinski definition) is 1. The SMILES string of the molecule is COc1ccc2c(c1)CCCC(c1ccncc1C)=C2O. The van der Waals surface area contributed by atoms with Gasteiger partial charge in [0.05, 0.1) is 7.11 Å². The molecule has 108 valence electrons. The summed E-state index contributed by atoms with van der Waals surface area (Å²) in [5, 5.41) is 10.8. The number of benzene rings is 1. The molecule has 0 atom stereocenters. The van der Waals surface area contributed by atoms with E-state index < -0.39 is 0 Å². The van der Waals surface area contributed by atoms with Crippen LogP contribution < -0.4 is 4.74 Å². The summed E-state index contributed by atoms with van der Waals surface area (Å²) in [4.78, 5) is 4.13. The van der Waals surface area contributed by atoms with Crippen molar-refractivity contribution in [1.29, 1.82) is 0 Å². The molecule has 1 N–H and O–H groups in total. The summed E-state index contributed by atoms with van der Waals surface area (Å²) in [6.45, 7) is 2.03. The van der Waals surface area contributed by atoms with E-state index in [1.165, 1.54) is 0 Å². The summed E-state index contributed by atoms with van der Waals surface area (Å²) >= 11 is 0. The lowest BCUT2D eigenvalue weighted by atomic mass is 9.96. The summed E-state index contributed by atoms with van der Waals surface area (Å²) in [5.41, 5.74) is 5.26. The second-order valence-electron chi connectivity index (χ2n) is 5.39. The van der Waals surface area contributed by atoms with Gasteiger partial charge in [-0.25, -0.2) is 0 Å². The van der Waals surface area contributed by atoms with Gasteiger partial charge in [0.25, 0.3) is 0 Å². The van der Waals surface area contributed by atoms with Gasteiger partial charge in [0.15, 0.2) is 0 Å². The quantitative estimate of drug-likeness (QED) is 0.898. The number of hydrogen-bond acceptors (Lipinski definition) is 3. The molecule has 1 aromatic carbocycles. The molecule has 1 heterocycles. The summed E-state index contributed by atoms with van der Waals surface area (Å²) < 4.78 is 5.28. The molecule has 1 aliphatic carbocycles. The summed E-state index contributed by atoms with van der Waals surface area (Å²) in [6.07, 6.45) is 6.46. The normalized spacial score (nSPS) is 14.6. The van der Waals surface area contributed by atoms with Gasteiger partial charge in [0.2, 0.25) is 0 Å². The third-order valence-electron chi connectivity index (χ3n) is 4.07. The number of methoxy groups -OCH3 is 1. The van der Waals surface area contributed by atoms with Crippen LogP contribution in [0.1, 0.15) is 35.1 Å². The van der Waals surface area contributed by atoms with Crippen LogP contribution in [0.25, 0.3) is 11.3 Å². The maximum Gasteiger partial charge on any atom is 0.126 e. The lowest BCUT2D eigenvalue weighted by Gasteiger charge is -2.12. The molecule has 0 saturated heterocycles. The fourth-order valence-corrected chi connectivity index (χ4v) is 2.95. The van der Waals surface area contributed by atoms with E-state index in [1.54, 1.807) is 13.3 Å². The van der Waals surface area contributed by atoms with Crippen molar-refractivity contribution in [2.24, 2.45) is 0 Å². The number of allylic oxidation sites excluding steroid dienone is 1. The van der Waals surface area contributed by atoms with E-state index in [1.807, 2.05) is 37.4 Å². The molecule has 0 saturated carbocycles. The van der Waals surface area contributed by atoms with E-state index >= 15 is 0 Å². The van der Waals surface area contributed by atoms with Crippen LogP contribution in [0.15, 0.2) is 36.7 Å². The highest BCUT2D eigenvalue weighted by Gasteiger charge is 2.19. The summed E-state index contributed by atoms with van der Waals surface area (Å²) in [6, 6.07) is 7.85. The zero-order chi connectivity index (χ0) is 14.8. The Bertz CT molecular complexity index is 704. The topological polar surface area (TPSA) is 42.4 Å². The van der Waals surface area contributed by atoms with Crippen LogP contribution in [0.2, 0.25) is 0 Å². The highest BCUT2D eigenvalue weighted by atomic mass is 16.5. The molecule has 3 heteroatoms. The van der Waals surface area contributed by atoms with E-state index in [2.05, 4.69) is 4.98 Å². The molecule has 1 aliphatic rings. The first-order chi connectivity index (χ1) is 10.2. The Labute approximate surface area is 124 Å². The second-order valence-corrected chi connectivity index (χ2v) is 5.39. The van der Waals surface area contributed by atoms with Gasteiger partial charge in [0, 0.05) is 23.5 Å². The van der Waals surface area contributed by atoms with Crippen molar-refractivity contribution in [3.8, 4) is 5.75 Å². The molecular weight excluding hydrogens is 262 g/mol. The molecule has 3 rings (SSSR count). The Morgan fingerprint density at radius 3 is 2.76 bits per heavy atom. The van der Waals surface area contributed by atoms with Crippen LogP contribution in [0.5, 0.6) is 5.75 Å². The smallest absolute Gasteiger partial charge is 0.126 e. The van der Waals surface area contributed by atoms with Crippen LogP contribution in [0.4, 0.5) is 0 Å². The number of aryl methyl sites for hydroxylation is 2. The van der Waals surface area contributed by atoms with Gasteiger partial charge in [-0.15, -0.1) is 0 Å². The standard InChI is InChI=1S/C18H19NO2/c1-12-11-19-9-8-15(12)17-5-3-4-13-10-14(21-2)6-7-16(13)18(17)20/h6-11,20H,3-5H2,1-2H3. The fourth-order valence-electron chi connectivity index (χ4n) is 2.95. The van der Waals surface area contributed by atoms with E-state index in [0.717, 1.165) is 52.8 Å². The maximum absolute atomic E-state index is 10.8. The minimum absolute atomic E-state index is 0.388. The average molecular weight is 281 g/mol. The number of aliphatic hydroxyl groups is 1. The van der Waals surface area contributed by atoms with Crippen molar-refractivity contribution in [1.82, 2.24) is 4.98 Å². The van der Waals surface area contributed by atoms with Crippen molar-refractivity contribution in [3.05, 3.63) is 58.9 Å². The van der Waals surface area contributed by atoms with Crippen molar-refractivity contribution in [2.45, 2.75) is 26.2 Å². The van der Waals surface area contributed by atoms with Gasteiger partial charge in [-0.2, -0.15) is 0 Å². The molecule has 2 aromatic rings. The van der Waals surface area contributed by atoms with E-state index in [-0.39, 0.29) is 0 Å². The van der Waals surface area contributed by atoms with Gasteiger partial charge in [-0.3, -0.25) is 4.98 Å². The molecule has 0 radical (unpaired) electrons. The van der Waals surface area contributed by atoms with Gasteiger partial charge < -0.3 is 9.84 Å². The number of ether oxygens (including phenoxy) is 1. The highest BCUT2D eigenvalue weighted by molar-refractivity contribution is 5.89. The lowest BCUT2D eigenvalue weighted by Crippen LogP contribution is -1.95. The predicted octanol–water partition coefficient (Wildman–Crippen LogP) is 4.16. The fraction of sp³-hybridized carbons (Fsp3) is 0.278. The molecular formula is C18H19NO2. The largest absolute Gasteiger partial charge is 0.507 e. The minimum Gasteiger partial charge on any atom is -0.507 e. The highest BCUT2D eigenvalue weighted by Crippen LogP contribution is 2.36. The third kappa shape index (κ3) is 2.51. The van der Waals surface area contributed by atoms with E-state index in [9.17, 15) is 5.11 Å². The van der Waals surface area contributed by atoms with Gasteiger partial charge in [0.1, 0.15) is 11.5 Å². The lowest BCUT2D eigenvalue weighted by molar-refractivity contribution is 0.414. The van der Waals surface area contributed by atoms with Crippen molar-refractivity contribution < 1.29 is 9.84 Å². The molecule has 1 aromatic heterocycles. The zero-order valence-electron chi connectivity index (χ0n) is 12.4. The summed E-state index contributed by atoms with van der Waals surface area (Å²) in [7, 11) is 1.67. The number of aromatic nitrogens is 1. The third-order valence-corrected chi connectivity index (χ3v) is 4.07. The number of rotatable bonds is 2. The van der Waals surface area contributed by atoms with Crippen LogP contribution in [-0.4, -0.2) is 17.2 Å². The second kappa shape index (κ2) is 5.60. The first-order valence-corrected chi connectivity index (χ1v) is 7.21. The van der Waals surface area contributed by atoms with Gasteiger partial charge in [-0.05, 0) is 67.1 Å². The van der Waals surface area contributed by atoms with Crippen molar-refractivity contribution in [2.75, 3.05) is 7.11 Å². The van der Waals surface area contributed by atoms with Crippen LogP contribution in [-0.2, 0) is 6.42 Å². The first kappa shape index (κ1) is 13.7. The predicted molar refractivity (Wildman–Crippen MR) is 84.3 cm³/mol. The number of nitrogens with zero attached hydrogens (tertiary/aromatic N) is 1. The minimum atomic E-state index is 0.388. The Morgan fingerprint density at radius 2 is 2.00 bits per heavy atom. The molecule has 21 heavy (non-hydrogen) atoms. The van der Waals surface area contributed by atoms with E-state index in [4.69, 9.17) is 4.74 Å². The molecule has 0 aliphatic heterocycles.